The highest BCUT2D eigenvalue weighted by Crippen LogP contribution is 2.43. The maximum absolute atomic E-state index is 12.6. The zero-order chi connectivity index (χ0) is 41.9. The standard InChI is InChI=1S/C46H72NO9P/c1-3-5-7-9-11-13-15-17-19-20-21-22-23-25-27-29-31-33-35-37-39-53-40-43(41-54-57(51,52)55-42-44(47)46(49)50)56-45(48)38-36-34-32-30-28-26-24-18-16-14-12-10-8-6-4-2/h5-8,11-14,17-19,21-22,24-25,27-28,30-31,33,43-44H,3-4,9-10,15-16,20,23,26,29,32,34-42,47H2,1-2H3,(H,49,50)(H,51,52)/b7-5-,8-6-,13-11-,14-12-,19-17-,22-21-,24-18-,27-25-,30-28-,33-31-. The molecule has 0 amide bonds. The van der Waals surface area contributed by atoms with Gasteiger partial charge in [-0.05, 0) is 96.3 Å². The van der Waals surface area contributed by atoms with E-state index in [1.165, 1.54) is 0 Å². The maximum Gasteiger partial charge on any atom is 0.472 e. The summed E-state index contributed by atoms with van der Waals surface area (Å²) in [5.74, 6) is -1.86. The molecular formula is C46H72NO9P. The van der Waals surface area contributed by atoms with Crippen LogP contribution in [0, 0.1) is 0 Å². The summed E-state index contributed by atoms with van der Waals surface area (Å²) in [7, 11) is -4.65. The number of rotatable bonds is 37. The average molecular weight is 814 g/mol. The van der Waals surface area contributed by atoms with Crippen LogP contribution in [0.2, 0.25) is 0 Å². The van der Waals surface area contributed by atoms with Gasteiger partial charge in [-0.25, -0.2) is 4.57 Å². The SMILES string of the molecule is CC/C=C\C/C=C\C/C=C\C/C=C\C/C=C\C/C=C\CCCOCC(COP(=O)(O)OCC(N)C(=O)O)OC(=O)CCCC/C=C\C/C=C\C/C=C\C/C=C\CC. The molecule has 0 rings (SSSR count). The average Bonchev–Trinajstić information content (AvgIpc) is 3.19. The second-order valence-electron chi connectivity index (χ2n) is 13.0. The summed E-state index contributed by atoms with van der Waals surface area (Å²) in [5.41, 5.74) is 5.34. The van der Waals surface area contributed by atoms with E-state index < -0.39 is 45.1 Å². The van der Waals surface area contributed by atoms with E-state index >= 15 is 0 Å². The number of carbonyl (C=O) groups is 2. The van der Waals surface area contributed by atoms with Crippen molar-refractivity contribution in [2.24, 2.45) is 5.73 Å². The first-order valence-electron chi connectivity index (χ1n) is 20.6. The van der Waals surface area contributed by atoms with Crippen LogP contribution < -0.4 is 5.73 Å². The van der Waals surface area contributed by atoms with E-state index in [9.17, 15) is 19.0 Å². The van der Waals surface area contributed by atoms with Gasteiger partial charge in [-0.1, -0.05) is 135 Å². The Morgan fingerprint density at radius 1 is 0.561 bits per heavy atom. The van der Waals surface area contributed by atoms with Crippen LogP contribution >= 0.6 is 7.82 Å². The van der Waals surface area contributed by atoms with E-state index in [0.717, 1.165) is 89.9 Å². The normalized spacial score (nSPS) is 15.2. The number of phosphoric ester groups is 1. The minimum Gasteiger partial charge on any atom is -0.480 e. The van der Waals surface area contributed by atoms with Crippen LogP contribution in [0.3, 0.4) is 0 Å². The van der Waals surface area contributed by atoms with Crippen LogP contribution in [-0.2, 0) is 32.7 Å². The van der Waals surface area contributed by atoms with E-state index in [1.807, 2.05) is 0 Å². The summed E-state index contributed by atoms with van der Waals surface area (Å²) in [6, 6.07) is -1.50. The van der Waals surface area contributed by atoms with Crippen molar-refractivity contribution in [3.05, 3.63) is 122 Å². The van der Waals surface area contributed by atoms with Gasteiger partial charge >= 0.3 is 19.8 Å². The Hall–Kier alpha value is -3.63. The van der Waals surface area contributed by atoms with Crippen LogP contribution in [0.25, 0.3) is 0 Å². The molecule has 4 N–H and O–H groups in total. The summed E-state index contributed by atoms with van der Waals surface area (Å²) in [4.78, 5) is 33.5. The van der Waals surface area contributed by atoms with Crippen molar-refractivity contribution in [3.63, 3.8) is 0 Å². The number of allylic oxidation sites excluding steroid dienone is 20. The van der Waals surface area contributed by atoms with Gasteiger partial charge in [0.1, 0.15) is 12.1 Å². The van der Waals surface area contributed by atoms with Crippen molar-refractivity contribution in [1.29, 1.82) is 0 Å². The number of hydrogen-bond donors (Lipinski definition) is 3. The predicted molar refractivity (Wildman–Crippen MR) is 235 cm³/mol. The molecular weight excluding hydrogens is 741 g/mol. The molecule has 0 radical (unpaired) electrons. The molecule has 0 bridgehead atoms. The molecule has 0 heterocycles. The van der Waals surface area contributed by atoms with Crippen molar-refractivity contribution < 1.29 is 42.7 Å². The van der Waals surface area contributed by atoms with E-state index in [1.54, 1.807) is 0 Å². The molecule has 0 aliphatic rings. The zero-order valence-corrected chi connectivity index (χ0v) is 35.5. The molecule has 0 aliphatic heterocycles. The Kier molecular flexibility index (Phi) is 38.0. The minimum atomic E-state index is -4.65. The molecule has 3 unspecified atom stereocenters. The number of carboxylic acids is 1. The summed E-state index contributed by atoms with van der Waals surface area (Å²) in [5, 5.41) is 8.88. The van der Waals surface area contributed by atoms with Crippen molar-refractivity contribution in [2.75, 3.05) is 26.4 Å². The first-order chi connectivity index (χ1) is 27.7. The molecule has 0 saturated heterocycles. The van der Waals surface area contributed by atoms with Crippen molar-refractivity contribution >= 4 is 19.8 Å². The third-order valence-electron chi connectivity index (χ3n) is 7.74. The Labute approximate surface area is 344 Å². The zero-order valence-electron chi connectivity index (χ0n) is 34.6. The first kappa shape index (κ1) is 53.4. The number of aliphatic carboxylic acids is 1. The molecule has 0 saturated carbocycles. The fraction of sp³-hybridized carbons (Fsp3) is 0.522. The Balaban J connectivity index is 4.48. The van der Waals surface area contributed by atoms with Crippen LogP contribution in [0.1, 0.15) is 117 Å². The molecule has 0 aromatic carbocycles. The first-order valence-corrected chi connectivity index (χ1v) is 22.1. The second-order valence-corrected chi connectivity index (χ2v) is 14.4. The number of phosphoric acid groups is 1. The molecule has 0 spiro atoms. The maximum atomic E-state index is 12.6. The van der Waals surface area contributed by atoms with E-state index in [-0.39, 0.29) is 13.0 Å². The molecule has 0 aliphatic carbocycles. The van der Waals surface area contributed by atoms with Gasteiger partial charge < -0.3 is 25.2 Å². The largest absolute Gasteiger partial charge is 0.480 e. The van der Waals surface area contributed by atoms with Gasteiger partial charge in [-0.3, -0.25) is 18.6 Å². The van der Waals surface area contributed by atoms with Gasteiger partial charge in [0.05, 0.1) is 19.8 Å². The quantitative estimate of drug-likeness (QED) is 0.0239. The van der Waals surface area contributed by atoms with Gasteiger partial charge in [-0.15, -0.1) is 0 Å². The lowest BCUT2D eigenvalue weighted by atomic mass is 10.2. The third kappa shape index (κ3) is 40.4. The van der Waals surface area contributed by atoms with Gasteiger partial charge in [-0.2, -0.15) is 0 Å². The van der Waals surface area contributed by atoms with Crippen LogP contribution in [-0.4, -0.2) is 60.5 Å². The molecule has 0 aromatic heterocycles. The molecule has 57 heavy (non-hydrogen) atoms. The van der Waals surface area contributed by atoms with Gasteiger partial charge in [0.15, 0.2) is 0 Å². The van der Waals surface area contributed by atoms with E-state index in [2.05, 4.69) is 140 Å². The lowest BCUT2D eigenvalue weighted by Crippen LogP contribution is -2.34. The Morgan fingerprint density at radius 2 is 0.947 bits per heavy atom. The summed E-state index contributed by atoms with van der Waals surface area (Å²) >= 11 is 0. The van der Waals surface area contributed by atoms with Gasteiger partial charge in [0.25, 0.3) is 0 Å². The lowest BCUT2D eigenvalue weighted by Gasteiger charge is -2.20. The number of carboxylic acid groups (broad SMARTS) is 1. The van der Waals surface area contributed by atoms with Crippen molar-refractivity contribution in [3.8, 4) is 0 Å². The topological polar surface area (TPSA) is 155 Å². The molecule has 0 fully saturated rings. The summed E-state index contributed by atoms with van der Waals surface area (Å²) in [6.07, 6.45) is 55.6. The number of nitrogens with two attached hydrogens (primary N) is 1. The van der Waals surface area contributed by atoms with Crippen LogP contribution in [0.5, 0.6) is 0 Å². The molecule has 10 nitrogen and oxygen atoms in total. The number of esters is 1. The van der Waals surface area contributed by atoms with E-state index in [4.69, 9.17) is 24.8 Å². The fourth-order valence-electron chi connectivity index (χ4n) is 4.61. The second kappa shape index (κ2) is 40.6. The smallest absolute Gasteiger partial charge is 0.472 e. The molecule has 3 atom stereocenters. The summed E-state index contributed by atoms with van der Waals surface area (Å²) < 4.78 is 33.2. The highest BCUT2D eigenvalue weighted by molar-refractivity contribution is 7.47. The highest BCUT2D eigenvalue weighted by atomic mass is 31.2. The Bertz CT molecular complexity index is 1360. The highest BCUT2D eigenvalue weighted by Gasteiger charge is 2.27. The number of ether oxygens (including phenoxy) is 2. The number of carbonyl (C=O) groups excluding carboxylic acids is 1. The fourth-order valence-corrected chi connectivity index (χ4v) is 5.39. The molecule has 0 aromatic rings. The monoisotopic (exact) mass is 813 g/mol. The van der Waals surface area contributed by atoms with E-state index in [0.29, 0.717) is 13.0 Å². The molecule has 320 valence electrons. The lowest BCUT2D eigenvalue weighted by molar-refractivity contribution is -0.154. The minimum absolute atomic E-state index is 0.0495. The Morgan fingerprint density at radius 3 is 1.37 bits per heavy atom. The summed E-state index contributed by atoms with van der Waals surface area (Å²) in [6.45, 7) is 3.40. The van der Waals surface area contributed by atoms with Crippen LogP contribution in [0.4, 0.5) is 0 Å². The van der Waals surface area contributed by atoms with Crippen molar-refractivity contribution in [2.45, 2.75) is 129 Å². The predicted octanol–water partition coefficient (Wildman–Crippen LogP) is 11.3. The van der Waals surface area contributed by atoms with Gasteiger partial charge in [0.2, 0.25) is 0 Å². The molecule has 11 heteroatoms. The van der Waals surface area contributed by atoms with Crippen LogP contribution in [0.15, 0.2) is 122 Å². The van der Waals surface area contributed by atoms with Gasteiger partial charge in [0, 0.05) is 13.0 Å². The number of hydrogen-bond acceptors (Lipinski definition) is 8. The number of unbranched alkanes of at least 4 members (excludes halogenated alkanes) is 3. The van der Waals surface area contributed by atoms with Crippen molar-refractivity contribution in [1.82, 2.24) is 0 Å². The third-order valence-corrected chi connectivity index (χ3v) is 8.69.